The van der Waals surface area contributed by atoms with Crippen molar-refractivity contribution in [1.82, 2.24) is 5.32 Å². The van der Waals surface area contributed by atoms with E-state index in [1.165, 1.54) is 43.1 Å². The summed E-state index contributed by atoms with van der Waals surface area (Å²) in [6, 6.07) is 4.96. The molecular formula is C14H15NO4S. The van der Waals surface area contributed by atoms with E-state index in [2.05, 4.69) is 16.0 Å². The summed E-state index contributed by atoms with van der Waals surface area (Å²) < 4.78 is 4.64. The van der Waals surface area contributed by atoms with Gasteiger partial charge in [0.05, 0.1) is 12.9 Å². The van der Waals surface area contributed by atoms with E-state index in [0.717, 1.165) is 0 Å². The second kappa shape index (κ2) is 8.12. The Morgan fingerprint density at radius 2 is 2.10 bits per heavy atom. The maximum Gasteiger partial charge on any atom is 0.329 e. The first kappa shape index (κ1) is 15.9. The predicted octanol–water partition coefficient (Wildman–Crippen LogP) is 1.03. The predicted molar refractivity (Wildman–Crippen MR) is 77.5 cm³/mol. The molecule has 0 aliphatic heterocycles. The lowest BCUT2D eigenvalue weighted by Gasteiger charge is -2.15. The minimum absolute atomic E-state index is 0.0654. The number of benzene rings is 1. The van der Waals surface area contributed by atoms with E-state index in [-0.39, 0.29) is 5.75 Å². The zero-order valence-electron chi connectivity index (χ0n) is 11.0. The second-order valence-electron chi connectivity index (χ2n) is 3.82. The Morgan fingerprint density at radius 1 is 1.45 bits per heavy atom. The van der Waals surface area contributed by atoms with Gasteiger partial charge < -0.3 is 15.2 Å². The van der Waals surface area contributed by atoms with Gasteiger partial charge in [0.15, 0.2) is 0 Å². The number of terminal acetylenes is 1. The highest BCUT2D eigenvalue weighted by atomic mass is 32.2. The highest BCUT2D eigenvalue weighted by molar-refractivity contribution is 7.99. The monoisotopic (exact) mass is 293 g/mol. The molecule has 6 heteroatoms. The molecule has 0 aliphatic rings. The van der Waals surface area contributed by atoms with Crippen molar-refractivity contribution in [3.05, 3.63) is 29.8 Å². The molecule has 2 N–H and O–H groups in total. The third-order valence-electron chi connectivity index (χ3n) is 2.39. The maximum absolute atomic E-state index is 12.0. The Bertz CT molecular complexity index is 507. The molecule has 0 bridgehead atoms. The van der Waals surface area contributed by atoms with Gasteiger partial charge in [0.2, 0.25) is 0 Å². The number of methoxy groups -OCH3 is 1. The van der Waals surface area contributed by atoms with Gasteiger partial charge in [0.1, 0.15) is 11.8 Å². The topological polar surface area (TPSA) is 75.6 Å². The van der Waals surface area contributed by atoms with Gasteiger partial charge in [-0.25, -0.2) is 4.79 Å². The van der Waals surface area contributed by atoms with Crippen LogP contribution in [-0.2, 0) is 9.53 Å². The Labute approximate surface area is 121 Å². The number of amides is 1. The Hall–Kier alpha value is -2.13. The number of aromatic hydroxyl groups is 1. The average molecular weight is 293 g/mol. The highest BCUT2D eigenvalue weighted by Crippen LogP contribution is 2.10. The van der Waals surface area contributed by atoms with Gasteiger partial charge in [-0.2, -0.15) is 0 Å². The van der Waals surface area contributed by atoms with Crippen molar-refractivity contribution < 1.29 is 19.4 Å². The molecule has 0 saturated carbocycles. The molecule has 1 aromatic rings. The summed E-state index contributed by atoms with van der Waals surface area (Å²) in [5, 5.41) is 11.7. The van der Waals surface area contributed by atoms with Gasteiger partial charge in [-0.1, -0.05) is 5.92 Å². The molecule has 0 saturated heterocycles. The van der Waals surface area contributed by atoms with E-state index in [1.807, 2.05) is 0 Å². The van der Waals surface area contributed by atoms with Gasteiger partial charge in [0, 0.05) is 11.3 Å². The SMILES string of the molecule is C#CCSC[C@H](NC(=O)c1ccc(O)cc1)C(=O)OC. The summed E-state index contributed by atoms with van der Waals surface area (Å²) >= 11 is 1.35. The van der Waals surface area contributed by atoms with Crippen molar-refractivity contribution in [3.63, 3.8) is 0 Å². The van der Waals surface area contributed by atoms with Gasteiger partial charge in [-0.3, -0.25) is 4.79 Å². The van der Waals surface area contributed by atoms with E-state index >= 15 is 0 Å². The normalized spacial score (nSPS) is 11.2. The fraction of sp³-hybridized carbons (Fsp3) is 0.286. The molecule has 0 fully saturated rings. The molecule has 0 radical (unpaired) electrons. The molecule has 5 nitrogen and oxygen atoms in total. The molecule has 20 heavy (non-hydrogen) atoms. The molecule has 1 atom stereocenters. The smallest absolute Gasteiger partial charge is 0.329 e. The van der Waals surface area contributed by atoms with Crippen molar-refractivity contribution in [3.8, 4) is 18.1 Å². The minimum Gasteiger partial charge on any atom is -0.508 e. The van der Waals surface area contributed by atoms with Crippen molar-refractivity contribution in [2.45, 2.75) is 6.04 Å². The third-order valence-corrected chi connectivity index (χ3v) is 3.33. The van der Waals surface area contributed by atoms with Crippen molar-refractivity contribution in [2.24, 2.45) is 0 Å². The van der Waals surface area contributed by atoms with Crippen LogP contribution in [0.15, 0.2) is 24.3 Å². The molecule has 0 aliphatic carbocycles. The number of carbonyl (C=O) groups excluding carboxylic acids is 2. The van der Waals surface area contributed by atoms with E-state index in [1.54, 1.807) is 0 Å². The number of thioether (sulfide) groups is 1. The first-order valence-corrected chi connectivity index (χ1v) is 6.93. The van der Waals surface area contributed by atoms with Crippen molar-refractivity contribution in [2.75, 3.05) is 18.6 Å². The Kier molecular flexibility index (Phi) is 6.47. The zero-order valence-corrected chi connectivity index (χ0v) is 11.8. The van der Waals surface area contributed by atoms with Gasteiger partial charge >= 0.3 is 5.97 Å². The third kappa shape index (κ3) is 4.86. The van der Waals surface area contributed by atoms with Crippen LogP contribution in [0.4, 0.5) is 0 Å². The van der Waals surface area contributed by atoms with Crippen LogP contribution < -0.4 is 5.32 Å². The largest absolute Gasteiger partial charge is 0.508 e. The number of rotatable bonds is 6. The number of nitrogens with one attached hydrogen (secondary N) is 1. The van der Waals surface area contributed by atoms with Crippen LogP contribution in [0.5, 0.6) is 5.75 Å². The Morgan fingerprint density at radius 3 is 2.65 bits per heavy atom. The summed E-state index contributed by atoms with van der Waals surface area (Å²) in [7, 11) is 1.26. The lowest BCUT2D eigenvalue weighted by molar-refractivity contribution is -0.142. The van der Waals surface area contributed by atoms with E-state index in [4.69, 9.17) is 11.5 Å². The number of phenols is 1. The maximum atomic E-state index is 12.0. The van der Waals surface area contributed by atoms with E-state index in [0.29, 0.717) is 17.1 Å². The lowest BCUT2D eigenvalue weighted by atomic mass is 10.2. The molecular weight excluding hydrogens is 278 g/mol. The Balaban J connectivity index is 2.68. The summed E-state index contributed by atoms with van der Waals surface area (Å²) in [5.41, 5.74) is 0.346. The quantitative estimate of drug-likeness (QED) is 0.465. The molecule has 1 rings (SSSR count). The molecule has 106 valence electrons. The number of hydrogen-bond donors (Lipinski definition) is 2. The number of esters is 1. The lowest BCUT2D eigenvalue weighted by Crippen LogP contribution is -2.43. The molecule has 1 aromatic carbocycles. The van der Waals surface area contributed by atoms with Gasteiger partial charge in [-0.05, 0) is 24.3 Å². The van der Waals surface area contributed by atoms with Gasteiger partial charge in [0.25, 0.3) is 5.91 Å². The number of carbonyl (C=O) groups is 2. The van der Waals surface area contributed by atoms with Crippen LogP contribution in [0.2, 0.25) is 0 Å². The molecule has 0 spiro atoms. The fourth-order valence-corrected chi connectivity index (χ4v) is 2.09. The second-order valence-corrected chi connectivity index (χ2v) is 4.85. The number of hydrogen-bond acceptors (Lipinski definition) is 5. The summed E-state index contributed by atoms with van der Waals surface area (Å²) in [4.78, 5) is 23.6. The molecule has 0 heterocycles. The average Bonchev–Trinajstić information content (AvgIpc) is 2.46. The standard InChI is InChI=1S/C14H15NO4S/c1-3-8-20-9-12(14(18)19-2)15-13(17)10-4-6-11(16)7-5-10/h1,4-7,12,16H,8-9H2,2H3,(H,15,17)/t12-/m0/s1. The van der Waals surface area contributed by atoms with Crippen LogP contribution in [0.1, 0.15) is 10.4 Å². The van der Waals surface area contributed by atoms with Crippen LogP contribution >= 0.6 is 11.8 Å². The van der Waals surface area contributed by atoms with Crippen molar-refractivity contribution in [1.29, 1.82) is 0 Å². The van der Waals surface area contributed by atoms with Gasteiger partial charge in [-0.15, -0.1) is 18.2 Å². The van der Waals surface area contributed by atoms with Crippen LogP contribution in [0.25, 0.3) is 0 Å². The van der Waals surface area contributed by atoms with Crippen LogP contribution in [0, 0.1) is 12.3 Å². The van der Waals surface area contributed by atoms with E-state index in [9.17, 15) is 9.59 Å². The summed E-state index contributed by atoms with van der Waals surface area (Å²) in [5.74, 6) is 2.35. The van der Waals surface area contributed by atoms with Crippen molar-refractivity contribution >= 4 is 23.6 Å². The van der Waals surface area contributed by atoms with Crippen LogP contribution in [0.3, 0.4) is 0 Å². The first-order chi connectivity index (χ1) is 9.58. The minimum atomic E-state index is -0.764. The molecule has 0 unspecified atom stereocenters. The number of ether oxygens (including phenoxy) is 1. The number of phenolic OH excluding ortho intramolecular Hbond substituents is 1. The van der Waals surface area contributed by atoms with Crippen LogP contribution in [-0.4, -0.2) is 41.6 Å². The first-order valence-electron chi connectivity index (χ1n) is 5.77. The zero-order chi connectivity index (χ0) is 15.0. The summed E-state index contributed by atoms with van der Waals surface area (Å²) in [6.45, 7) is 0. The van der Waals surface area contributed by atoms with E-state index < -0.39 is 17.9 Å². The molecule has 1 amide bonds. The fourth-order valence-electron chi connectivity index (χ4n) is 1.40. The summed E-state index contributed by atoms with van der Waals surface area (Å²) in [6.07, 6.45) is 5.13. The highest BCUT2D eigenvalue weighted by Gasteiger charge is 2.21. The molecule has 0 aromatic heterocycles.